The van der Waals surface area contributed by atoms with Gasteiger partial charge in [0.05, 0.1) is 12.1 Å². The van der Waals surface area contributed by atoms with Gasteiger partial charge < -0.3 is 10.4 Å². The van der Waals surface area contributed by atoms with Gasteiger partial charge in [0.15, 0.2) is 5.13 Å². The summed E-state index contributed by atoms with van der Waals surface area (Å²) in [4.78, 5) is 28.0. The molecule has 1 unspecified atom stereocenters. The van der Waals surface area contributed by atoms with Crippen molar-refractivity contribution in [3.63, 3.8) is 0 Å². The summed E-state index contributed by atoms with van der Waals surface area (Å²) < 4.78 is 0. The van der Waals surface area contributed by atoms with E-state index in [-0.39, 0.29) is 18.7 Å². The minimum Gasteiger partial charge on any atom is -0.481 e. The second-order valence-corrected chi connectivity index (χ2v) is 7.30. The number of thiazole rings is 1. The van der Waals surface area contributed by atoms with Gasteiger partial charge in [0, 0.05) is 28.3 Å². The predicted molar refractivity (Wildman–Crippen MR) is 107 cm³/mol. The second-order valence-electron chi connectivity index (χ2n) is 6.00. The first-order chi connectivity index (χ1) is 13.0. The third-order valence-electron chi connectivity index (χ3n) is 4.01. The van der Waals surface area contributed by atoms with E-state index in [0.717, 1.165) is 16.8 Å². The average Bonchev–Trinajstić information content (AvgIpc) is 3.10. The molecule has 0 aliphatic carbocycles. The Hall–Kier alpha value is -2.70. The van der Waals surface area contributed by atoms with Gasteiger partial charge in [-0.25, -0.2) is 4.98 Å². The quantitative estimate of drug-likeness (QED) is 0.581. The molecule has 1 aromatic heterocycles. The van der Waals surface area contributed by atoms with Gasteiger partial charge in [0.2, 0.25) is 5.91 Å². The van der Waals surface area contributed by atoms with Crippen molar-refractivity contribution < 1.29 is 14.7 Å². The first-order valence-corrected chi connectivity index (χ1v) is 9.55. The highest BCUT2D eigenvalue weighted by Gasteiger charge is 2.20. The topological polar surface area (TPSA) is 79.3 Å². The van der Waals surface area contributed by atoms with E-state index >= 15 is 0 Å². The highest BCUT2D eigenvalue weighted by atomic mass is 35.5. The van der Waals surface area contributed by atoms with E-state index in [4.69, 9.17) is 16.7 Å². The van der Waals surface area contributed by atoms with E-state index in [0.29, 0.717) is 10.2 Å². The Morgan fingerprint density at radius 3 is 2.44 bits per heavy atom. The molecule has 0 radical (unpaired) electrons. The van der Waals surface area contributed by atoms with Crippen molar-refractivity contribution in [3.8, 4) is 11.3 Å². The van der Waals surface area contributed by atoms with Crippen LogP contribution < -0.4 is 5.32 Å². The van der Waals surface area contributed by atoms with Gasteiger partial charge in [-0.1, -0.05) is 54.1 Å². The predicted octanol–water partition coefficient (Wildman–Crippen LogP) is 5.05. The van der Waals surface area contributed by atoms with Crippen LogP contribution in [0.15, 0.2) is 60.0 Å². The maximum absolute atomic E-state index is 12.4. The molecule has 138 valence electrons. The first-order valence-electron chi connectivity index (χ1n) is 8.29. The van der Waals surface area contributed by atoms with E-state index in [9.17, 15) is 9.59 Å². The monoisotopic (exact) mass is 400 g/mol. The minimum absolute atomic E-state index is 0.0498. The van der Waals surface area contributed by atoms with Crippen LogP contribution in [0.1, 0.15) is 24.3 Å². The molecule has 7 heteroatoms. The molecule has 1 heterocycles. The standard InChI is InChI=1S/C20H17ClN2O3S/c21-16-8-6-13(7-9-16)15(11-19(25)26)10-18(24)23-20-22-17(12-27-20)14-4-2-1-3-5-14/h1-9,12,15H,10-11H2,(H,25,26)(H,22,23,24). The van der Waals surface area contributed by atoms with Crippen LogP contribution in [0.4, 0.5) is 5.13 Å². The third-order valence-corrected chi connectivity index (χ3v) is 5.02. The fraction of sp³-hybridized carbons (Fsp3) is 0.150. The number of hydrogen-bond acceptors (Lipinski definition) is 4. The lowest BCUT2D eigenvalue weighted by Crippen LogP contribution is -2.17. The zero-order valence-corrected chi connectivity index (χ0v) is 15.8. The Balaban J connectivity index is 1.68. The molecule has 1 atom stereocenters. The summed E-state index contributed by atoms with van der Waals surface area (Å²) in [6.07, 6.45) is -0.0869. The van der Waals surface area contributed by atoms with Gasteiger partial charge >= 0.3 is 5.97 Å². The molecule has 2 aromatic carbocycles. The Morgan fingerprint density at radius 1 is 1.07 bits per heavy atom. The number of nitrogens with zero attached hydrogens (tertiary/aromatic N) is 1. The molecule has 3 rings (SSSR count). The van der Waals surface area contributed by atoms with Crippen LogP contribution in [0.2, 0.25) is 5.02 Å². The number of carboxylic acid groups (broad SMARTS) is 1. The van der Waals surface area contributed by atoms with E-state index in [1.807, 2.05) is 35.7 Å². The smallest absolute Gasteiger partial charge is 0.303 e. The number of carbonyl (C=O) groups excluding carboxylic acids is 1. The molecule has 0 fully saturated rings. The largest absolute Gasteiger partial charge is 0.481 e. The summed E-state index contributed by atoms with van der Waals surface area (Å²) in [7, 11) is 0. The van der Waals surface area contributed by atoms with Gasteiger partial charge in [0.25, 0.3) is 0 Å². The summed E-state index contributed by atoms with van der Waals surface area (Å²) in [5, 5.41) is 14.9. The highest BCUT2D eigenvalue weighted by Crippen LogP contribution is 2.28. The van der Waals surface area contributed by atoms with Crippen LogP contribution in [0.25, 0.3) is 11.3 Å². The zero-order valence-electron chi connectivity index (χ0n) is 14.3. The van der Waals surface area contributed by atoms with E-state index in [2.05, 4.69) is 10.3 Å². The van der Waals surface area contributed by atoms with Crippen molar-refractivity contribution in [2.45, 2.75) is 18.8 Å². The van der Waals surface area contributed by atoms with Crippen LogP contribution in [0.5, 0.6) is 0 Å². The Bertz CT molecular complexity index is 926. The molecule has 3 aromatic rings. The number of carbonyl (C=O) groups is 2. The summed E-state index contributed by atoms with van der Waals surface area (Å²) in [5.74, 6) is -1.66. The number of amides is 1. The fourth-order valence-electron chi connectivity index (χ4n) is 2.72. The number of halogens is 1. The molecular weight excluding hydrogens is 384 g/mol. The van der Waals surface area contributed by atoms with Crippen molar-refractivity contribution in [1.82, 2.24) is 4.98 Å². The van der Waals surface area contributed by atoms with E-state index < -0.39 is 11.9 Å². The molecule has 0 saturated carbocycles. The minimum atomic E-state index is -0.955. The van der Waals surface area contributed by atoms with Crippen LogP contribution in [0.3, 0.4) is 0 Å². The molecule has 0 saturated heterocycles. The molecular formula is C20H17ClN2O3S. The summed E-state index contributed by atoms with van der Waals surface area (Å²) in [6, 6.07) is 16.6. The SMILES string of the molecule is O=C(O)CC(CC(=O)Nc1nc(-c2ccccc2)cs1)c1ccc(Cl)cc1. The van der Waals surface area contributed by atoms with E-state index in [1.165, 1.54) is 11.3 Å². The fourth-order valence-corrected chi connectivity index (χ4v) is 3.58. The second kappa shape index (κ2) is 8.79. The van der Waals surface area contributed by atoms with Gasteiger partial charge in [0.1, 0.15) is 0 Å². The van der Waals surface area contributed by atoms with Crippen LogP contribution >= 0.6 is 22.9 Å². The van der Waals surface area contributed by atoms with Gasteiger partial charge in [-0.3, -0.25) is 9.59 Å². The Morgan fingerprint density at radius 2 is 1.78 bits per heavy atom. The number of rotatable bonds is 7. The number of aromatic nitrogens is 1. The zero-order chi connectivity index (χ0) is 19.2. The maximum atomic E-state index is 12.4. The molecule has 0 bridgehead atoms. The summed E-state index contributed by atoms with van der Waals surface area (Å²) in [6.45, 7) is 0. The number of aliphatic carboxylic acids is 1. The van der Waals surface area contributed by atoms with Crippen LogP contribution in [-0.2, 0) is 9.59 Å². The van der Waals surface area contributed by atoms with Crippen LogP contribution in [0, 0.1) is 0 Å². The number of benzene rings is 2. The maximum Gasteiger partial charge on any atom is 0.303 e. The summed E-state index contributed by atoms with van der Waals surface area (Å²) in [5.41, 5.74) is 2.52. The van der Waals surface area contributed by atoms with Crippen molar-refractivity contribution in [1.29, 1.82) is 0 Å². The molecule has 5 nitrogen and oxygen atoms in total. The van der Waals surface area contributed by atoms with Gasteiger partial charge in [-0.2, -0.15) is 0 Å². The van der Waals surface area contributed by atoms with Gasteiger partial charge in [-0.15, -0.1) is 11.3 Å². The van der Waals surface area contributed by atoms with Crippen LogP contribution in [-0.4, -0.2) is 22.0 Å². The molecule has 0 spiro atoms. The normalized spacial score (nSPS) is 11.7. The molecule has 27 heavy (non-hydrogen) atoms. The molecule has 1 amide bonds. The molecule has 2 N–H and O–H groups in total. The molecule has 0 aliphatic heterocycles. The number of hydrogen-bond donors (Lipinski definition) is 2. The number of anilines is 1. The average molecular weight is 401 g/mol. The van der Waals surface area contributed by atoms with E-state index in [1.54, 1.807) is 24.3 Å². The Labute approximate surface area is 165 Å². The van der Waals surface area contributed by atoms with Gasteiger partial charge in [-0.05, 0) is 17.7 Å². The first kappa shape index (κ1) is 19.1. The lowest BCUT2D eigenvalue weighted by atomic mass is 9.92. The third kappa shape index (κ3) is 5.39. The van der Waals surface area contributed by atoms with Crippen molar-refractivity contribution >= 4 is 39.9 Å². The lowest BCUT2D eigenvalue weighted by molar-refractivity contribution is -0.137. The summed E-state index contributed by atoms with van der Waals surface area (Å²) >= 11 is 7.22. The highest BCUT2D eigenvalue weighted by molar-refractivity contribution is 7.14. The number of carboxylic acids is 1. The van der Waals surface area contributed by atoms with Crippen molar-refractivity contribution in [2.75, 3.05) is 5.32 Å². The molecule has 0 aliphatic rings. The van der Waals surface area contributed by atoms with Crippen molar-refractivity contribution in [2.24, 2.45) is 0 Å². The lowest BCUT2D eigenvalue weighted by Gasteiger charge is -2.14. The number of nitrogens with one attached hydrogen (secondary N) is 1. The Kier molecular flexibility index (Phi) is 6.21. The van der Waals surface area contributed by atoms with Crippen molar-refractivity contribution in [3.05, 3.63) is 70.6 Å².